The summed E-state index contributed by atoms with van der Waals surface area (Å²) in [6.45, 7) is -5.47. The lowest BCUT2D eigenvalue weighted by Gasteiger charge is -2.50. The van der Waals surface area contributed by atoms with Crippen molar-refractivity contribution in [3.63, 3.8) is 0 Å². The van der Waals surface area contributed by atoms with Gasteiger partial charge in [0.25, 0.3) is 0 Å². The third kappa shape index (κ3) is 13.2. The summed E-state index contributed by atoms with van der Waals surface area (Å²) in [6.07, 6.45) is -75.8. The Morgan fingerprint density at radius 2 is 0.358 bits per heavy atom. The Kier molecular flexibility index (Phi) is 21.6. The third-order valence-electron chi connectivity index (χ3n) is 15.2. The van der Waals surface area contributed by atoms with E-state index in [1.54, 1.807) is 0 Å². The molecule has 37 heteroatoms. The topological polar surface area (TPSA) is 588 Å². The van der Waals surface area contributed by atoms with Crippen molar-refractivity contribution in [3.8, 4) is 0 Å². The number of aliphatic hydroxyl groups excluding tert-OH is 19. The van der Waals surface area contributed by atoms with Crippen LogP contribution >= 0.6 is 0 Å². The molecule has 0 aliphatic carbocycles. The lowest BCUT2D eigenvalue weighted by Crippen LogP contribution is -2.68. The zero-order valence-electron chi connectivity index (χ0n) is 42.1. The van der Waals surface area contributed by atoms with Crippen molar-refractivity contribution in [1.82, 2.24) is 0 Å². The summed E-state index contributed by atoms with van der Waals surface area (Å²) in [7, 11) is 0. The summed E-state index contributed by atoms with van der Waals surface area (Å²) in [5.74, 6) is -3.31. The number of rotatable bonds is 9. The maximum Gasteiger partial charge on any atom is 0.306 e. The summed E-state index contributed by atoms with van der Waals surface area (Å²) in [5.41, 5.74) is 0. The smallest absolute Gasteiger partial charge is 0.306 e. The molecule has 37 nitrogen and oxygen atoms in total. The van der Waals surface area contributed by atoms with E-state index in [0.717, 1.165) is 0 Å². The minimum atomic E-state index is -2.37. The largest absolute Gasteiger partial charge is 0.481 e. The van der Waals surface area contributed by atoms with Crippen LogP contribution in [0.5, 0.6) is 0 Å². The highest BCUT2D eigenvalue weighted by Crippen LogP contribution is 2.39. The van der Waals surface area contributed by atoms with Gasteiger partial charge < -0.3 is 174 Å². The second kappa shape index (κ2) is 27.1. The standard InChI is InChI=1S/C44H70O37/c45-3-10-33-20(57)27(64)41(71-10)79-35-12(5-47)73-43(29(66)22(35)59)81-37-14(7-49)74-44(30(67)23(37)60)80-36-13(6-48)72-42(28(65)21(36)58)78-34-11(4-46)70-40(26(63)19(34)56)76-32-9(2-16(52)53)68-38(24(61)17(32)54)75-31-8(1-15(50)51)69-39(77-33)25(62)18(31)55/h8-14,17-49,54-67H,1-7H2,(H,50,51)(H,52,53)/t8-,9-,10-,11-,12-,13-,14-,17-,18-,19-,20-,21-,22-,23-,24-,25-,26-,27-,28-,29-,30-,31-,32-,33-,34-,35-,36-,37-,38-,39-,40-,41-,42-,43-,44-/m1/s1. The van der Waals surface area contributed by atoms with Gasteiger partial charge in [-0.3, -0.25) is 9.59 Å². The van der Waals surface area contributed by atoms with Gasteiger partial charge in [-0.1, -0.05) is 0 Å². The first kappa shape index (κ1) is 64.6. The van der Waals surface area contributed by atoms with Gasteiger partial charge in [-0.2, -0.15) is 0 Å². The minimum Gasteiger partial charge on any atom is -0.481 e. The average Bonchev–Trinajstić information content (AvgIpc) is 3.61. The van der Waals surface area contributed by atoms with Crippen LogP contribution in [0, 0.1) is 0 Å². The van der Waals surface area contributed by atoms with E-state index in [0.29, 0.717) is 0 Å². The van der Waals surface area contributed by atoms with E-state index in [1.807, 2.05) is 0 Å². The molecule has 21 aliphatic heterocycles. The van der Waals surface area contributed by atoms with Gasteiger partial charge in [0.2, 0.25) is 0 Å². The molecule has 0 spiro atoms. The van der Waals surface area contributed by atoms with Crippen molar-refractivity contribution in [2.24, 2.45) is 0 Å². The average molecular weight is 1190 g/mol. The Morgan fingerprint density at radius 3 is 0.494 bits per heavy atom. The number of carboxylic acid groups (broad SMARTS) is 2. The molecule has 0 aromatic heterocycles. The molecule has 35 atom stereocenters. The molecule has 21 heterocycles. The molecule has 81 heavy (non-hydrogen) atoms. The first-order valence-electron chi connectivity index (χ1n) is 25.5. The van der Waals surface area contributed by atoms with Crippen LogP contribution in [0.2, 0.25) is 0 Å². The highest BCUT2D eigenvalue weighted by Gasteiger charge is 2.60. The fraction of sp³-hybridized carbons (Fsp3) is 0.955. The van der Waals surface area contributed by atoms with Crippen molar-refractivity contribution >= 4 is 11.9 Å². The van der Waals surface area contributed by atoms with Gasteiger partial charge in [0.05, 0.1) is 45.9 Å². The summed E-state index contributed by atoms with van der Waals surface area (Å²) >= 11 is 0. The zero-order valence-corrected chi connectivity index (χ0v) is 42.1. The Bertz CT molecular complexity index is 2010. The Morgan fingerprint density at radius 1 is 0.222 bits per heavy atom. The van der Waals surface area contributed by atoms with Gasteiger partial charge >= 0.3 is 11.9 Å². The van der Waals surface area contributed by atoms with E-state index in [1.165, 1.54) is 0 Å². The molecule has 21 rings (SSSR count). The van der Waals surface area contributed by atoms with Gasteiger partial charge in [0.15, 0.2) is 44.0 Å². The maximum atomic E-state index is 12.2. The fourth-order valence-electron chi connectivity index (χ4n) is 10.8. The molecule has 14 bridgehead atoms. The molecule has 21 fully saturated rings. The number of ether oxygens (including phenoxy) is 14. The molecule has 0 radical (unpaired) electrons. The quantitative estimate of drug-likeness (QED) is 0.102. The number of aliphatic carboxylic acids is 2. The van der Waals surface area contributed by atoms with Crippen LogP contribution in [0.25, 0.3) is 0 Å². The SMILES string of the molecule is O=C(O)C[C@H]1O[C@@H]2O[C@H]3[C@H](O)[C@@H](O)[C@@H](O[C@H]4[C@H](O)[C@@H](O)[C@@H](O[C@H]5[C@H](O)[C@@H](O)[C@@H](O[C@H]6[C@H](O)[C@@H](O)[C@@H](O[C@H]7[C@H](O)[C@@H](O)[C@@H](O[C@H]8[C@H](O)[C@@H](O)[C@@H](O[C@H]1[C@H](O)[C@H]2O)O[C@@H]8CO)O[C@@H]7CO)O[C@@H]6CO)O[C@@H]5CO)O[C@@H]4CO)O[C@@H]3CC(=O)O. The molecule has 21 saturated heterocycles. The number of hydrogen-bond acceptors (Lipinski definition) is 35. The van der Waals surface area contributed by atoms with E-state index in [9.17, 15) is 117 Å². The third-order valence-corrected chi connectivity index (χ3v) is 15.2. The van der Waals surface area contributed by atoms with Crippen LogP contribution in [0.4, 0.5) is 0 Å². The van der Waals surface area contributed by atoms with Crippen molar-refractivity contribution in [2.75, 3.05) is 33.0 Å². The van der Waals surface area contributed by atoms with Crippen LogP contribution in [-0.2, 0) is 75.9 Å². The highest BCUT2D eigenvalue weighted by atomic mass is 16.8. The lowest BCUT2D eigenvalue weighted by molar-refractivity contribution is -0.396. The molecule has 0 amide bonds. The van der Waals surface area contributed by atoms with Gasteiger partial charge in [-0.25, -0.2) is 0 Å². The summed E-state index contributed by atoms with van der Waals surface area (Å²) in [4.78, 5) is 24.3. The minimum absolute atomic E-state index is 1.07. The summed E-state index contributed by atoms with van der Waals surface area (Å²) in [6, 6.07) is 0. The Balaban J connectivity index is 1.10. The van der Waals surface area contributed by atoms with E-state index >= 15 is 0 Å². The first-order chi connectivity index (χ1) is 38.4. The van der Waals surface area contributed by atoms with Crippen LogP contribution in [-0.4, -0.2) is 367 Å². The first-order valence-corrected chi connectivity index (χ1v) is 25.5. The predicted molar refractivity (Wildman–Crippen MR) is 239 cm³/mol. The van der Waals surface area contributed by atoms with Crippen LogP contribution in [0.3, 0.4) is 0 Å². The summed E-state index contributed by atoms with van der Waals surface area (Å²) < 4.78 is 79.4. The van der Waals surface area contributed by atoms with E-state index in [4.69, 9.17) is 66.3 Å². The number of aliphatic hydroxyl groups is 19. The second-order valence-corrected chi connectivity index (χ2v) is 20.5. The Hall–Kier alpha value is -2.38. The molecule has 0 saturated carbocycles. The molecular weight excluding hydrogens is 1120 g/mol. The molecule has 468 valence electrons. The lowest BCUT2D eigenvalue weighted by atomic mass is 9.93. The van der Waals surface area contributed by atoms with Crippen LogP contribution in [0.15, 0.2) is 0 Å². The second-order valence-electron chi connectivity index (χ2n) is 20.5. The zero-order chi connectivity index (χ0) is 59.2. The van der Waals surface area contributed by atoms with Crippen molar-refractivity contribution in [1.29, 1.82) is 0 Å². The van der Waals surface area contributed by atoms with E-state index in [-0.39, 0.29) is 0 Å². The molecular formula is C44H70O37. The maximum absolute atomic E-state index is 12.2. The number of hydrogen-bond donors (Lipinski definition) is 21. The van der Waals surface area contributed by atoms with Gasteiger partial charge in [0.1, 0.15) is 171 Å². The van der Waals surface area contributed by atoms with Crippen LogP contribution < -0.4 is 0 Å². The Labute approximate surface area is 455 Å². The van der Waals surface area contributed by atoms with Gasteiger partial charge in [-0.15, -0.1) is 0 Å². The normalized spacial score (nSPS) is 53.1. The monoisotopic (exact) mass is 1190 g/mol. The van der Waals surface area contributed by atoms with Gasteiger partial charge in [-0.05, 0) is 0 Å². The molecule has 0 unspecified atom stereocenters. The number of carboxylic acids is 2. The van der Waals surface area contributed by atoms with Crippen molar-refractivity contribution < 1.29 is 183 Å². The van der Waals surface area contributed by atoms with E-state index < -0.39 is 273 Å². The van der Waals surface area contributed by atoms with Crippen LogP contribution in [0.1, 0.15) is 12.8 Å². The number of carbonyl (C=O) groups is 2. The fourth-order valence-corrected chi connectivity index (χ4v) is 10.8. The molecule has 0 aromatic carbocycles. The highest BCUT2D eigenvalue weighted by molar-refractivity contribution is 5.68. The predicted octanol–water partition coefficient (Wildman–Crippen LogP) is -14.3. The van der Waals surface area contributed by atoms with E-state index in [2.05, 4.69) is 0 Å². The molecule has 21 N–H and O–H groups in total. The summed E-state index contributed by atoms with van der Waals surface area (Å²) in [5, 5.41) is 230. The van der Waals surface area contributed by atoms with Gasteiger partial charge in [0, 0.05) is 0 Å². The van der Waals surface area contributed by atoms with Crippen molar-refractivity contribution in [3.05, 3.63) is 0 Å². The van der Waals surface area contributed by atoms with Crippen molar-refractivity contribution in [2.45, 2.75) is 228 Å². The molecule has 0 aromatic rings. The molecule has 21 aliphatic rings.